The van der Waals surface area contributed by atoms with Gasteiger partial charge in [-0.3, -0.25) is 9.00 Å². The number of ether oxygens (including phenoxy) is 1. The summed E-state index contributed by atoms with van der Waals surface area (Å²) < 4.78 is 23.9. The van der Waals surface area contributed by atoms with Crippen molar-refractivity contribution in [1.29, 1.82) is 0 Å². The largest absolute Gasteiger partial charge is 0.444 e. The highest BCUT2D eigenvalue weighted by Crippen LogP contribution is 2.24. The van der Waals surface area contributed by atoms with Crippen molar-refractivity contribution < 1.29 is 28.1 Å². The molecule has 200 valence electrons. The Kier molecular flexibility index (Phi) is 9.82. The Morgan fingerprint density at radius 2 is 1.76 bits per heavy atom. The van der Waals surface area contributed by atoms with E-state index >= 15 is 0 Å². The van der Waals surface area contributed by atoms with Crippen LogP contribution < -0.4 is 10.6 Å². The summed E-state index contributed by atoms with van der Waals surface area (Å²) in [7, 11) is -1.46. The Morgan fingerprint density at radius 1 is 1.08 bits per heavy atom. The van der Waals surface area contributed by atoms with Crippen molar-refractivity contribution in [3.8, 4) is 0 Å². The minimum Gasteiger partial charge on any atom is -0.444 e. The smallest absolute Gasteiger partial charge is 0.408 e. The molecule has 0 aliphatic carbocycles. The number of aliphatic hydroxyl groups excluding tert-OH is 1. The number of rotatable bonds is 11. The van der Waals surface area contributed by atoms with E-state index in [1.807, 2.05) is 43.3 Å². The molecule has 3 N–H and O–H groups in total. The second kappa shape index (κ2) is 12.8. The summed E-state index contributed by atoms with van der Waals surface area (Å²) in [6.07, 6.45) is -0.922. The second-order valence-electron chi connectivity index (χ2n) is 9.80. The summed E-state index contributed by atoms with van der Waals surface area (Å²) in [6, 6.07) is 14.5. The van der Waals surface area contributed by atoms with Crippen LogP contribution in [0, 0.1) is 0 Å². The summed E-state index contributed by atoms with van der Waals surface area (Å²) in [5, 5.41) is 16.4. The summed E-state index contributed by atoms with van der Waals surface area (Å²) in [5.74, 6) is -0.396. The zero-order valence-corrected chi connectivity index (χ0v) is 22.4. The van der Waals surface area contributed by atoms with E-state index in [1.54, 1.807) is 39.0 Å². The summed E-state index contributed by atoms with van der Waals surface area (Å²) in [5.41, 5.74) is 1.20. The highest BCUT2D eigenvalue weighted by molar-refractivity contribution is 7.84. The molecule has 37 heavy (non-hydrogen) atoms. The van der Waals surface area contributed by atoms with Gasteiger partial charge in [0.05, 0.1) is 11.8 Å². The van der Waals surface area contributed by atoms with Crippen LogP contribution in [0.3, 0.4) is 0 Å². The predicted octanol–water partition coefficient (Wildman–Crippen LogP) is 3.99. The Bertz CT molecular complexity index is 1170. The van der Waals surface area contributed by atoms with Crippen molar-refractivity contribution in [2.24, 2.45) is 0 Å². The number of alkyl carbamates (subject to hydrolysis) is 1. The average molecular weight is 530 g/mol. The molecule has 0 radical (unpaired) electrons. The molecule has 3 rings (SSSR count). The Labute approximate surface area is 219 Å². The Hall–Kier alpha value is -3.24. The van der Waals surface area contributed by atoms with Crippen LogP contribution in [0.5, 0.6) is 0 Å². The van der Waals surface area contributed by atoms with E-state index in [4.69, 9.17) is 9.15 Å². The number of fused-ring (bicyclic) bond motifs is 1. The number of oxazole rings is 1. The van der Waals surface area contributed by atoms with Gasteiger partial charge in [0.2, 0.25) is 11.8 Å². The molecule has 0 saturated carbocycles. The molecule has 4 atom stereocenters. The standard InChI is InChI=1S/C27H35N3O6S/c1-5-11-20(23(31)25-29-19-14-9-10-15-22(19)35-25)28-24(32)21(30-26(33)36-27(2,3)4)17-37(34)16-18-12-7-6-8-13-18/h6-10,12-15,20-21,23,31H,5,11,16-17H2,1-4H3,(H,28,32)(H,30,33). The van der Waals surface area contributed by atoms with E-state index in [2.05, 4.69) is 15.6 Å². The highest BCUT2D eigenvalue weighted by atomic mass is 32.2. The minimum absolute atomic E-state index is 0.0873. The topological polar surface area (TPSA) is 131 Å². The normalized spacial score (nSPS) is 14.9. The van der Waals surface area contributed by atoms with Gasteiger partial charge in [-0.25, -0.2) is 9.78 Å². The van der Waals surface area contributed by atoms with Crippen LogP contribution >= 0.6 is 0 Å². The van der Waals surface area contributed by atoms with Gasteiger partial charge in [-0.1, -0.05) is 55.8 Å². The maximum atomic E-state index is 13.3. The molecule has 0 saturated heterocycles. The van der Waals surface area contributed by atoms with Crippen molar-refractivity contribution in [3.05, 3.63) is 66.1 Å². The number of nitrogens with zero attached hydrogens (tertiary/aromatic N) is 1. The first-order valence-corrected chi connectivity index (χ1v) is 13.8. The van der Waals surface area contributed by atoms with Crippen LogP contribution in [-0.4, -0.2) is 49.7 Å². The van der Waals surface area contributed by atoms with E-state index < -0.39 is 46.6 Å². The van der Waals surface area contributed by atoms with Crippen molar-refractivity contribution in [3.63, 3.8) is 0 Å². The summed E-state index contributed by atoms with van der Waals surface area (Å²) in [4.78, 5) is 30.2. The van der Waals surface area contributed by atoms with Gasteiger partial charge < -0.3 is 24.9 Å². The fourth-order valence-electron chi connectivity index (χ4n) is 3.73. The van der Waals surface area contributed by atoms with Crippen LogP contribution in [-0.2, 0) is 26.1 Å². The Balaban J connectivity index is 1.76. The number of nitrogens with one attached hydrogen (secondary N) is 2. The zero-order valence-electron chi connectivity index (χ0n) is 21.6. The van der Waals surface area contributed by atoms with Crippen LogP contribution in [0.15, 0.2) is 59.0 Å². The van der Waals surface area contributed by atoms with E-state index in [1.165, 1.54) is 0 Å². The van der Waals surface area contributed by atoms with Crippen molar-refractivity contribution in [2.75, 3.05) is 5.75 Å². The molecule has 4 unspecified atom stereocenters. The highest BCUT2D eigenvalue weighted by Gasteiger charge is 2.31. The number of para-hydroxylation sites is 2. The minimum atomic E-state index is -1.46. The quantitative estimate of drug-likeness (QED) is 0.342. The number of carbonyl (C=O) groups excluding carboxylic acids is 2. The summed E-state index contributed by atoms with van der Waals surface area (Å²) in [6.45, 7) is 7.05. The van der Waals surface area contributed by atoms with Gasteiger partial charge >= 0.3 is 6.09 Å². The van der Waals surface area contributed by atoms with Crippen LogP contribution in [0.4, 0.5) is 4.79 Å². The van der Waals surface area contributed by atoms with Gasteiger partial charge in [0.15, 0.2) is 11.7 Å². The summed E-state index contributed by atoms with van der Waals surface area (Å²) >= 11 is 0. The van der Waals surface area contributed by atoms with Crippen LogP contribution in [0.25, 0.3) is 11.1 Å². The third-order valence-electron chi connectivity index (χ3n) is 5.40. The van der Waals surface area contributed by atoms with E-state index in [9.17, 15) is 18.9 Å². The maximum absolute atomic E-state index is 13.3. The molecule has 1 heterocycles. The lowest BCUT2D eigenvalue weighted by Crippen LogP contribution is -2.54. The van der Waals surface area contributed by atoms with Crippen molar-refractivity contribution in [1.82, 2.24) is 15.6 Å². The van der Waals surface area contributed by atoms with Gasteiger partial charge in [-0.05, 0) is 44.9 Å². The lowest BCUT2D eigenvalue weighted by atomic mass is 10.0. The van der Waals surface area contributed by atoms with E-state index in [0.717, 1.165) is 5.56 Å². The molecular weight excluding hydrogens is 494 g/mol. The van der Waals surface area contributed by atoms with Gasteiger partial charge in [0.25, 0.3) is 0 Å². The first-order chi connectivity index (χ1) is 17.6. The van der Waals surface area contributed by atoms with Gasteiger partial charge in [-0.15, -0.1) is 0 Å². The number of hydrogen-bond acceptors (Lipinski definition) is 7. The molecule has 0 fully saturated rings. The second-order valence-corrected chi connectivity index (χ2v) is 11.3. The molecule has 0 aliphatic rings. The molecule has 1 aromatic heterocycles. The third-order valence-corrected chi connectivity index (χ3v) is 6.76. The number of hydrogen-bond donors (Lipinski definition) is 3. The first kappa shape index (κ1) is 28.3. The maximum Gasteiger partial charge on any atom is 0.408 e. The van der Waals surface area contributed by atoms with E-state index in [0.29, 0.717) is 23.9 Å². The number of carbonyl (C=O) groups is 2. The fourth-order valence-corrected chi connectivity index (χ4v) is 5.02. The van der Waals surface area contributed by atoms with Crippen LogP contribution in [0.1, 0.15) is 58.1 Å². The first-order valence-electron chi connectivity index (χ1n) is 12.3. The van der Waals surface area contributed by atoms with Crippen molar-refractivity contribution >= 4 is 33.9 Å². The molecule has 0 spiro atoms. The number of aliphatic hydroxyl groups is 1. The predicted molar refractivity (Wildman–Crippen MR) is 142 cm³/mol. The number of benzene rings is 2. The van der Waals surface area contributed by atoms with Gasteiger partial charge in [0.1, 0.15) is 17.2 Å². The molecule has 9 nitrogen and oxygen atoms in total. The fraction of sp³-hybridized carbons (Fsp3) is 0.444. The zero-order chi connectivity index (χ0) is 27.0. The molecule has 2 aromatic carbocycles. The van der Waals surface area contributed by atoms with Crippen molar-refractivity contribution in [2.45, 2.75) is 70.1 Å². The molecule has 3 aromatic rings. The van der Waals surface area contributed by atoms with Crippen LogP contribution in [0.2, 0.25) is 0 Å². The van der Waals surface area contributed by atoms with Gasteiger partial charge in [0, 0.05) is 16.6 Å². The Morgan fingerprint density at radius 3 is 2.41 bits per heavy atom. The van der Waals surface area contributed by atoms with E-state index in [-0.39, 0.29) is 17.4 Å². The molecular formula is C27H35N3O6S. The molecule has 2 amide bonds. The SMILES string of the molecule is CCCC(NC(=O)C(CS(=O)Cc1ccccc1)NC(=O)OC(C)(C)C)C(O)c1nc2ccccc2o1. The molecule has 10 heteroatoms. The molecule has 0 bridgehead atoms. The monoisotopic (exact) mass is 529 g/mol. The third kappa shape index (κ3) is 8.68. The lowest BCUT2D eigenvalue weighted by Gasteiger charge is -2.26. The number of aromatic nitrogens is 1. The average Bonchev–Trinajstić information content (AvgIpc) is 3.26. The van der Waals surface area contributed by atoms with Gasteiger partial charge in [-0.2, -0.15) is 0 Å². The number of amides is 2. The lowest BCUT2D eigenvalue weighted by molar-refractivity contribution is -0.124. The molecule has 0 aliphatic heterocycles.